The summed E-state index contributed by atoms with van der Waals surface area (Å²) in [5.41, 5.74) is 1.36. The summed E-state index contributed by atoms with van der Waals surface area (Å²) in [4.78, 5) is 2.55. The van der Waals surface area contributed by atoms with Crippen LogP contribution in [0, 0.1) is 0 Å². The summed E-state index contributed by atoms with van der Waals surface area (Å²) in [6.07, 6.45) is 1.16. The molecule has 0 amide bonds. The molecule has 100 valence electrons. The summed E-state index contributed by atoms with van der Waals surface area (Å²) < 4.78 is 5.56. The summed E-state index contributed by atoms with van der Waals surface area (Å²) in [6.45, 7) is 6.08. The van der Waals surface area contributed by atoms with Gasteiger partial charge in [-0.1, -0.05) is 37.3 Å². The van der Waals surface area contributed by atoms with E-state index < -0.39 is 0 Å². The van der Waals surface area contributed by atoms with Gasteiger partial charge in [0.1, 0.15) is 0 Å². The Hall–Kier alpha value is -0.900. The van der Waals surface area contributed by atoms with Crippen LogP contribution in [0.5, 0.6) is 0 Å². The normalized spacial score (nSPS) is 22.9. The van der Waals surface area contributed by atoms with Crippen LogP contribution in [0.15, 0.2) is 30.3 Å². The molecule has 1 saturated heterocycles. The Kier molecular flexibility index (Phi) is 5.17. The summed E-state index contributed by atoms with van der Waals surface area (Å²) in [6, 6.07) is 11.6. The SMILES string of the molecule is CCC1COCCN1CC(NC)c1ccccc1. The zero-order valence-electron chi connectivity index (χ0n) is 11.4. The largest absolute Gasteiger partial charge is 0.378 e. The van der Waals surface area contributed by atoms with E-state index in [1.54, 1.807) is 0 Å². The van der Waals surface area contributed by atoms with Gasteiger partial charge in [0.15, 0.2) is 0 Å². The van der Waals surface area contributed by atoms with Gasteiger partial charge in [0, 0.05) is 25.2 Å². The van der Waals surface area contributed by atoms with Crippen molar-refractivity contribution in [1.82, 2.24) is 10.2 Å². The van der Waals surface area contributed by atoms with Crippen molar-refractivity contribution in [3.8, 4) is 0 Å². The number of nitrogens with zero attached hydrogens (tertiary/aromatic N) is 1. The molecule has 2 rings (SSSR count). The molecule has 3 nitrogen and oxygen atoms in total. The summed E-state index contributed by atoms with van der Waals surface area (Å²) >= 11 is 0. The number of hydrogen-bond donors (Lipinski definition) is 1. The van der Waals surface area contributed by atoms with Gasteiger partial charge in [0.05, 0.1) is 13.2 Å². The van der Waals surface area contributed by atoms with Crippen LogP contribution in [-0.4, -0.2) is 44.3 Å². The molecule has 3 heteroatoms. The molecule has 1 aliphatic heterocycles. The Labute approximate surface area is 110 Å². The quantitative estimate of drug-likeness (QED) is 0.863. The molecular formula is C15H24N2O. The molecule has 0 radical (unpaired) electrons. The second-order valence-corrected chi connectivity index (χ2v) is 4.88. The topological polar surface area (TPSA) is 24.5 Å². The van der Waals surface area contributed by atoms with Crippen LogP contribution < -0.4 is 5.32 Å². The van der Waals surface area contributed by atoms with Crippen molar-refractivity contribution in [2.75, 3.05) is 33.4 Å². The Bertz CT molecular complexity index is 342. The van der Waals surface area contributed by atoms with E-state index in [-0.39, 0.29) is 0 Å². The maximum Gasteiger partial charge on any atom is 0.0622 e. The average molecular weight is 248 g/mol. The number of nitrogens with one attached hydrogen (secondary N) is 1. The number of benzene rings is 1. The van der Waals surface area contributed by atoms with Gasteiger partial charge < -0.3 is 10.1 Å². The first-order valence-electron chi connectivity index (χ1n) is 6.89. The molecule has 0 saturated carbocycles. The molecule has 18 heavy (non-hydrogen) atoms. The van der Waals surface area contributed by atoms with Crippen LogP contribution in [-0.2, 0) is 4.74 Å². The van der Waals surface area contributed by atoms with Gasteiger partial charge >= 0.3 is 0 Å². The second kappa shape index (κ2) is 6.88. The molecule has 1 aliphatic rings. The van der Waals surface area contributed by atoms with Gasteiger partial charge in [-0.2, -0.15) is 0 Å². The molecule has 2 atom stereocenters. The fourth-order valence-electron chi connectivity index (χ4n) is 2.59. The highest BCUT2D eigenvalue weighted by molar-refractivity contribution is 5.19. The minimum Gasteiger partial charge on any atom is -0.378 e. The average Bonchev–Trinajstić information content (AvgIpc) is 2.46. The monoisotopic (exact) mass is 248 g/mol. The maximum absolute atomic E-state index is 5.56. The van der Waals surface area contributed by atoms with Crippen molar-refractivity contribution in [2.24, 2.45) is 0 Å². The van der Waals surface area contributed by atoms with Crippen molar-refractivity contribution in [1.29, 1.82) is 0 Å². The van der Waals surface area contributed by atoms with Crippen LogP contribution in [0.4, 0.5) is 0 Å². The van der Waals surface area contributed by atoms with Gasteiger partial charge in [-0.25, -0.2) is 0 Å². The molecule has 0 bridgehead atoms. The summed E-state index contributed by atoms with van der Waals surface area (Å²) in [5, 5.41) is 3.43. The van der Waals surface area contributed by atoms with E-state index in [0.717, 1.165) is 32.7 Å². The van der Waals surface area contributed by atoms with Gasteiger partial charge in [0.2, 0.25) is 0 Å². The zero-order valence-corrected chi connectivity index (χ0v) is 11.4. The third-order valence-electron chi connectivity index (χ3n) is 3.79. The lowest BCUT2D eigenvalue weighted by atomic mass is 10.0. The first-order valence-corrected chi connectivity index (χ1v) is 6.89. The van der Waals surface area contributed by atoms with Crippen molar-refractivity contribution in [3.05, 3.63) is 35.9 Å². The predicted octanol–water partition coefficient (Wildman–Crippen LogP) is 2.06. The smallest absolute Gasteiger partial charge is 0.0622 e. The van der Waals surface area contributed by atoms with Gasteiger partial charge in [-0.05, 0) is 19.0 Å². The standard InChI is InChI=1S/C15H24N2O/c1-3-14-12-18-10-9-17(14)11-15(16-2)13-7-5-4-6-8-13/h4-8,14-16H,3,9-12H2,1-2H3. The minimum atomic E-state index is 0.401. The number of morpholine rings is 1. The summed E-state index contributed by atoms with van der Waals surface area (Å²) in [5.74, 6) is 0. The molecule has 1 aromatic rings. The molecule has 0 spiro atoms. The maximum atomic E-state index is 5.56. The second-order valence-electron chi connectivity index (χ2n) is 4.88. The Morgan fingerprint density at radius 1 is 1.39 bits per heavy atom. The molecule has 0 aromatic heterocycles. The lowest BCUT2D eigenvalue weighted by Gasteiger charge is -2.37. The highest BCUT2D eigenvalue weighted by Gasteiger charge is 2.24. The van der Waals surface area contributed by atoms with Crippen molar-refractivity contribution < 1.29 is 4.74 Å². The lowest BCUT2D eigenvalue weighted by Crippen LogP contribution is -2.48. The van der Waals surface area contributed by atoms with Crippen molar-refractivity contribution in [2.45, 2.75) is 25.4 Å². The lowest BCUT2D eigenvalue weighted by molar-refractivity contribution is -0.0124. The van der Waals surface area contributed by atoms with Gasteiger partial charge in [-0.15, -0.1) is 0 Å². The predicted molar refractivity (Wildman–Crippen MR) is 74.7 cm³/mol. The highest BCUT2D eigenvalue weighted by atomic mass is 16.5. The van der Waals surface area contributed by atoms with Crippen LogP contribution in [0.3, 0.4) is 0 Å². The first-order chi connectivity index (χ1) is 8.85. The molecular weight excluding hydrogens is 224 g/mol. The van der Waals surface area contributed by atoms with Gasteiger partial charge in [-0.3, -0.25) is 4.90 Å². The molecule has 0 aliphatic carbocycles. The molecule has 1 heterocycles. The van der Waals surface area contributed by atoms with Crippen LogP contribution in [0.25, 0.3) is 0 Å². The van der Waals surface area contributed by atoms with E-state index in [2.05, 4.69) is 47.5 Å². The minimum absolute atomic E-state index is 0.401. The fraction of sp³-hybridized carbons (Fsp3) is 0.600. The fourth-order valence-corrected chi connectivity index (χ4v) is 2.59. The van der Waals surface area contributed by atoms with E-state index >= 15 is 0 Å². The van der Waals surface area contributed by atoms with E-state index in [0.29, 0.717) is 12.1 Å². The summed E-state index contributed by atoms with van der Waals surface area (Å²) in [7, 11) is 2.04. The molecule has 1 aromatic carbocycles. The first kappa shape index (κ1) is 13.5. The van der Waals surface area contributed by atoms with Crippen LogP contribution in [0.2, 0.25) is 0 Å². The third kappa shape index (κ3) is 3.31. The Morgan fingerprint density at radius 3 is 2.83 bits per heavy atom. The van der Waals surface area contributed by atoms with Crippen molar-refractivity contribution in [3.63, 3.8) is 0 Å². The zero-order chi connectivity index (χ0) is 12.8. The van der Waals surface area contributed by atoms with E-state index in [1.807, 2.05) is 7.05 Å². The number of ether oxygens (including phenoxy) is 1. The van der Waals surface area contributed by atoms with Gasteiger partial charge in [0.25, 0.3) is 0 Å². The third-order valence-corrected chi connectivity index (χ3v) is 3.79. The Morgan fingerprint density at radius 2 is 2.17 bits per heavy atom. The van der Waals surface area contributed by atoms with Crippen LogP contribution >= 0.6 is 0 Å². The molecule has 2 unspecified atom stereocenters. The highest BCUT2D eigenvalue weighted by Crippen LogP contribution is 2.18. The molecule has 1 N–H and O–H groups in total. The van der Waals surface area contributed by atoms with Crippen LogP contribution in [0.1, 0.15) is 24.9 Å². The van der Waals surface area contributed by atoms with E-state index in [1.165, 1.54) is 5.56 Å². The number of likely N-dealkylation sites (N-methyl/N-ethyl adjacent to an activating group) is 1. The van der Waals surface area contributed by atoms with Crippen molar-refractivity contribution >= 4 is 0 Å². The number of hydrogen-bond acceptors (Lipinski definition) is 3. The van der Waals surface area contributed by atoms with E-state index in [9.17, 15) is 0 Å². The van der Waals surface area contributed by atoms with E-state index in [4.69, 9.17) is 4.74 Å². The number of rotatable bonds is 5. The Balaban J connectivity index is 2.01. The molecule has 1 fully saturated rings.